The van der Waals surface area contributed by atoms with Gasteiger partial charge in [-0.2, -0.15) is 11.8 Å². The predicted octanol–water partition coefficient (Wildman–Crippen LogP) is 2.98. The summed E-state index contributed by atoms with van der Waals surface area (Å²) in [6, 6.07) is 10.2. The van der Waals surface area contributed by atoms with E-state index in [1.54, 1.807) is 18.5 Å². The van der Waals surface area contributed by atoms with Gasteiger partial charge in [-0.05, 0) is 36.6 Å². The van der Waals surface area contributed by atoms with Crippen molar-refractivity contribution >= 4 is 23.4 Å². The summed E-state index contributed by atoms with van der Waals surface area (Å²) in [6.07, 6.45) is 5.61. The fourth-order valence-electron chi connectivity index (χ4n) is 4.00. The molecule has 0 aliphatic carbocycles. The maximum atomic E-state index is 12.9. The van der Waals surface area contributed by atoms with E-state index in [1.165, 1.54) is 24.6 Å². The molecule has 2 N–H and O–H groups in total. The summed E-state index contributed by atoms with van der Waals surface area (Å²) in [6.45, 7) is 4.10. The molecule has 4 rings (SSSR count). The van der Waals surface area contributed by atoms with E-state index in [9.17, 15) is 4.79 Å². The van der Waals surface area contributed by atoms with Crippen LogP contribution in [-0.2, 0) is 0 Å². The molecule has 2 aromatic rings. The Bertz CT molecular complexity index is 781. The van der Waals surface area contributed by atoms with Crippen molar-refractivity contribution in [1.82, 2.24) is 14.8 Å². The molecule has 0 spiro atoms. The number of carbonyl (C=O) groups excluding carboxylic acids is 1. The van der Waals surface area contributed by atoms with E-state index in [0.717, 1.165) is 42.6 Å². The number of likely N-dealkylation sites (tertiary alicyclic amines) is 1. The number of thioether (sulfide) groups is 1. The van der Waals surface area contributed by atoms with Crippen molar-refractivity contribution in [3.8, 4) is 11.1 Å². The first-order chi connectivity index (χ1) is 13.2. The van der Waals surface area contributed by atoms with Crippen LogP contribution in [0.5, 0.6) is 0 Å². The molecular weight excluding hydrogens is 356 g/mol. The summed E-state index contributed by atoms with van der Waals surface area (Å²) in [4.78, 5) is 21.6. The van der Waals surface area contributed by atoms with Crippen molar-refractivity contribution in [2.75, 3.05) is 43.4 Å². The van der Waals surface area contributed by atoms with Gasteiger partial charge in [-0.25, -0.2) is 0 Å². The molecule has 0 unspecified atom stereocenters. The number of piperidine rings is 1. The van der Waals surface area contributed by atoms with Crippen molar-refractivity contribution in [1.29, 1.82) is 0 Å². The first-order valence-corrected chi connectivity index (χ1v) is 10.8. The first kappa shape index (κ1) is 18.3. The third-order valence-electron chi connectivity index (χ3n) is 5.61. The lowest BCUT2D eigenvalue weighted by Crippen LogP contribution is -2.49. The quantitative estimate of drug-likeness (QED) is 0.884. The maximum Gasteiger partial charge on any atom is 0.253 e. The van der Waals surface area contributed by atoms with Crippen molar-refractivity contribution in [3.05, 3.63) is 48.3 Å². The molecule has 2 aliphatic rings. The fourth-order valence-corrected chi connectivity index (χ4v) is 4.93. The normalized spacial score (nSPS) is 19.2. The van der Waals surface area contributed by atoms with Gasteiger partial charge in [0.15, 0.2) is 0 Å². The summed E-state index contributed by atoms with van der Waals surface area (Å²) < 4.78 is 0. The molecule has 3 heterocycles. The zero-order chi connectivity index (χ0) is 18.6. The molecule has 142 valence electrons. The molecule has 0 saturated carbocycles. The molecule has 5 nitrogen and oxygen atoms in total. The van der Waals surface area contributed by atoms with Crippen molar-refractivity contribution in [3.63, 3.8) is 0 Å². The van der Waals surface area contributed by atoms with E-state index < -0.39 is 0 Å². The van der Waals surface area contributed by atoms with Gasteiger partial charge in [0.2, 0.25) is 0 Å². The van der Waals surface area contributed by atoms with Crippen LogP contribution >= 0.6 is 11.8 Å². The van der Waals surface area contributed by atoms with E-state index in [4.69, 9.17) is 5.73 Å². The van der Waals surface area contributed by atoms with Gasteiger partial charge in [-0.15, -0.1) is 0 Å². The molecule has 0 bridgehead atoms. The zero-order valence-corrected chi connectivity index (χ0v) is 16.3. The number of carbonyl (C=O) groups is 1. The van der Waals surface area contributed by atoms with Crippen molar-refractivity contribution in [2.24, 2.45) is 0 Å². The molecule has 1 amide bonds. The average molecular weight is 383 g/mol. The lowest BCUT2D eigenvalue weighted by atomic mass is 10.0. The molecule has 0 radical (unpaired) electrons. The number of rotatable bonds is 3. The molecule has 0 atom stereocenters. The zero-order valence-electron chi connectivity index (χ0n) is 15.5. The Morgan fingerprint density at radius 2 is 1.74 bits per heavy atom. The molecule has 2 saturated heterocycles. The van der Waals surface area contributed by atoms with Gasteiger partial charge in [0.25, 0.3) is 5.91 Å². The largest absolute Gasteiger partial charge is 0.398 e. The van der Waals surface area contributed by atoms with Crippen LogP contribution in [0, 0.1) is 0 Å². The van der Waals surface area contributed by atoms with Crippen molar-refractivity contribution < 1.29 is 4.79 Å². The summed E-state index contributed by atoms with van der Waals surface area (Å²) in [5.74, 6) is 2.62. The van der Waals surface area contributed by atoms with Gasteiger partial charge in [0, 0.05) is 72.9 Å². The number of hydrogen-bond acceptors (Lipinski definition) is 5. The Labute approximate surface area is 164 Å². The van der Waals surface area contributed by atoms with E-state index in [2.05, 4.69) is 9.88 Å². The molecular formula is C21H26N4OS. The van der Waals surface area contributed by atoms with Crippen LogP contribution in [0.15, 0.2) is 42.7 Å². The second-order valence-electron chi connectivity index (χ2n) is 7.21. The third-order valence-corrected chi connectivity index (χ3v) is 6.55. The number of pyridine rings is 1. The highest BCUT2D eigenvalue weighted by Crippen LogP contribution is 2.26. The van der Waals surface area contributed by atoms with Crippen LogP contribution in [0.4, 0.5) is 5.69 Å². The van der Waals surface area contributed by atoms with Crippen LogP contribution in [0.1, 0.15) is 23.2 Å². The lowest BCUT2D eigenvalue weighted by molar-refractivity contribution is 0.0631. The number of nitrogens with two attached hydrogens (primary N) is 1. The smallest absolute Gasteiger partial charge is 0.253 e. The van der Waals surface area contributed by atoms with Crippen molar-refractivity contribution in [2.45, 2.75) is 18.9 Å². The lowest BCUT2D eigenvalue weighted by Gasteiger charge is -2.40. The fraction of sp³-hybridized carbons (Fsp3) is 0.429. The highest BCUT2D eigenvalue weighted by molar-refractivity contribution is 7.99. The van der Waals surface area contributed by atoms with Crippen LogP contribution in [0.3, 0.4) is 0 Å². The minimum Gasteiger partial charge on any atom is -0.398 e. The third kappa shape index (κ3) is 4.12. The Morgan fingerprint density at radius 3 is 2.41 bits per heavy atom. The van der Waals surface area contributed by atoms with E-state index in [-0.39, 0.29) is 5.91 Å². The van der Waals surface area contributed by atoms with Crippen LogP contribution in [0.2, 0.25) is 0 Å². The van der Waals surface area contributed by atoms with Crippen LogP contribution in [-0.4, -0.2) is 64.4 Å². The topological polar surface area (TPSA) is 62.5 Å². The molecule has 1 aromatic heterocycles. The predicted molar refractivity (Wildman–Crippen MR) is 112 cm³/mol. The number of nitrogens with zero attached hydrogens (tertiary/aromatic N) is 3. The van der Waals surface area contributed by atoms with Gasteiger partial charge in [0.1, 0.15) is 0 Å². The van der Waals surface area contributed by atoms with Gasteiger partial charge in [-0.3, -0.25) is 14.7 Å². The first-order valence-electron chi connectivity index (χ1n) is 9.63. The Morgan fingerprint density at radius 1 is 1.04 bits per heavy atom. The highest BCUT2D eigenvalue weighted by atomic mass is 32.2. The monoisotopic (exact) mass is 382 g/mol. The summed E-state index contributed by atoms with van der Waals surface area (Å²) in [7, 11) is 0. The van der Waals surface area contributed by atoms with E-state index in [0.29, 0.717) is 11.7 Å². The number of nitrogen functional groups attached to an aromatic ring is 1. The number of hydrogen-bond donors (Lipinski definition) is 1. The minimum atomic E-state index is 0.133. The Kier molecular flexibility index (Phi) is 5.64. The van der Waals surface area contributed by atoms with Crippen LogP contribution in [0.25, 0.3) is 11.1 Å². The van der Waals surface area contributed by atoms with E-state index >= 15 is 0 Å². The maximum absolute atomic E-state index is 12.9. The summed E-state index contributed by atoms with van der Waals surface area (Å²) in [5.41, 5.74) is 9.35. The standard InChI is InChI=1S/C21H26N4OS/c22-20-5-8-23-15-19(20)16-1-3-17(4-2-16)21(26)25-9-6-18(7-10-25)24-11-13-27-14-12-24/h1-5,8,15,18H,6-7,9-14H2,(H2,22,23). The molecule has 2 aliphatic heterocycles. The van der Waals surface area contributed by atoms with Gasteiger partial charge < -0.3 is 10.6 Å². The summed E-state index contributed by atoms with van der Waals surface area (Å²) in [5, 5.41) is 0. The van der Waals surface area contributed by atoms with Gasteiger partial charge in [-0.1, -0.05) is 12.1 Å². The molecule has 27 heavy (non-hydrogen) atoms. The Balaban J connectivity index is 1.38. The van der Waals surface area contributed by atoms with Crippen LogP contribution < -0.4 is 5.73 Å². The number of amides is 1. The Hall–Kier alpha value is -2.05. The minimum absolute atomic E-state index is 0.133. The molecule has 6 heteroatoms. The average Bonchev–Trinajstić information content (AvgIpc) is 2.74. The van der Waals surface area contributed by atoms with Gasteiger partial charge in [0.05, 0.1) is 0 Å². The van der Waals surface area contributed by atoms with Gasteiger partial charge >= 0.3 is 0 Å². The number of benzene rings is 1. The number of anilines is 1. The number of aromatic nitrogens is 1. The molecule has 2 fully saturated rings. The summed E-state index contributed by atoms with van der Waals surface area (Å²) >= 11 is 2.05. The molecule has 1 aromatic carbocycles. The second kappa shape index (κ2) is 8.31. The van der Waals surface area contributed by atoms with E-state index in [1.807, 2.05) is 40.9 Å². The second-order valence-corrected chi connectivity index (χ2v) is 8.44. The highest BCUT2D eigenvalue weighted by Gasteiger charge is 2.28. The SMILES string of the molecule is Nc1ccncc1-c1ccc(C(=O)N2CCC(N3CCSCC3)CC2)cc1.